The lowest BCUT2D eigenvalue weighted by atomic mass is 10.2. The van der Waals surface area contributed by atoms with Crippen LogP contribution in [0.5, 0.6) is 0 Å². The van der Waals surface area contributed by atoms with Crippen LogP contribution in [0.3, 0.4) is 0 Å². The number of rotatable bonds is 3. The van der Waals surface area contributed by atoms with E-state index in [1.54, 1.807) is 44.2 Å². The Bertz CT molecular complexity index is 468. The molecule has 6 heteroatoms. The normalized spacial score (nSPS) is 11.5. The standard InChI is InChI=1S/C10H14N2O3S/c1-8(2)12(16(11,14)15)10(13)9-6-4-3-5-7-9/h3-8H,1-2H3,(H2,11,14,15). The van der Waals surface area contributed by atoms with Crippen LogP contribution in [0.15, 0.2) is 30.3 Å². The van der Waals surface area contributed by atoms with E-state index in [2.05, 4.69) is 0 Å². The van der Waals surface area contributed by atoms with Crippen molar-refractivity contribution in [2.75, 3.05) is 0 Å². The summed E-state index contributed by atoms with van der Waals surface area (Å²) < 4.78 is 23.2. The van der Waals surface area contributed by atoms with E-state index in [0.29, 0.717) is 9.87 Å². The topological polar surface area (TPSA) is 80.5 Å². The average Bonchev–Trinajstić information content (AvgIpc) is 2.16. The van der Waals surface area contributed by atoms with Crippen LogP contribution in [0.2, 0.25) is 0 Å². The predicted octanol–water partition coefficient (Wildman–Crippen LogP) is 0.741. The SMILES string of the molecule is CC(C)N(C(=O)c1ccccc1)S(N)(=O)=O. The molecule has 0 spiro atoms. The van der Waals surface area contributed by atoms with Crippen LogP contribution in [0.1, 0.15) is 24.2 Å². The highest BCUT2D eigenvalue weighted by Crippen LogP contribution is 2.10. The summed E-state index contributed by atoms with van der Waals surface area (Å²) in [5, 5.41) is 5.00. The van der Waals surface area contributed by atoms with Gasteiger partial charge in [0.25, 0.3) is 5.91 Å². The number of carbonyl (C=O) groups excluding carboxylic acids is 1. The Kier molecular flexibility index (Phi) is 3.66. The summed E-state index contributed by atoms with van der Waals surface area (Å²) in [7, 11) is -4.03. The maximum Gasteiger partial charge on any atom is 0.301 e. The molecule has 1 aromatic rings. The fourth-order valence-corrected chi connectivity index (χ4v) is 2.28. The third kappa shape index (κ3) is 2.80. The molecule has 0 aliphatic heterocycles. The summed E-state index contributed by atoms with van der Waals surface area (Å²) in [5.74, 6) is -0.613. The van der Waals surface area contributed by atoms with E-state index in [-0.39, 0.29) is 0 Å². The highest BCUT2D eigenvalue weighted by atomic mass is 32.2. The van der Waals surface area contributed by atoms with Crippen molar-refractivity contribution in [2.24, 2.45) is 5.14 Å². The summed E-state index contributed by atoms with van der Waals surface area (Å²) in [6.07, 6.45) is 0. The second kappa shape index (κ2) is 4.63. The van der Waals surface area contributed by atoms with E-state index in [1.807, 2.05) is 0 Å². The van der Waals surface area contributed by atoms with Crippen molar-refractivity contribution in [3.63, 3.8) is 0 Å². The second-order valence-electron chi connectivity index (χ2n) is 3.61. The lowest BCUT2D eigenvalue weighted by Gasteiger charge is -2.23. The Morgan fingerprint density at radius 2 is 1.75 bits per heavy atom. The van der Waals surface area contributed by atoms with Gasteiger partial charge in [-0.05, 0) is 26.0 Å². The second-order valence-corrected chi connectivity index (χ2v) is 5.03. The quantitative estimate of drug-likeness (QED) is 0.848. The minimum Gasteiger partial charge on any atom is -0.268 e. The van der Waals surface area contributed by atoms with Gasteiger partial charge in [-0.3, -0.25) is 4.79 Å². The summed E-state index contributed by atoms with van der Waals surface area (Å²) in [4.78, 5) is 11.9. The summed E-state index contributed by atoms with van der Waals surface area (Å²) >= 11 is 0. The molecule has 0 aliphatic rings. The van der Waals surface area contributed by atoms with Crippen molar-refractivity contribution in [1.82, 2.24) is 4.31 Å². The first-order chi connectivity index (χ1) is 7.34. The molecule has 0 saturated heterocycles. The van der Waals surface area contributed by atoms with Gasteiger partial charge in [-0.15, -0.1) is 0 Å². The first-order valence-corrected chi connectivity index (χ1v) is 6.26. The number of nitrogens with zero attached hydrogens (tertiary/aromatic N) is 1. The van der Waals surface area contributed by atoms with Crippen LogP contribution in [-0.2, 0) is 10.2 Å². The van der Waals surface area contributed by atoms with Crippen molar-refractivity contribution >= 4 is 16.1 Å². The molecule has 0 bridgehead atoms. The van der Waals surface area contributed by atoms with Crippen molar-refractivity contribution in [3.05, 3.63) is 35.9 Å². The lowest BCUT2D eigenvalue weighted by Crippen LogP contribution is -2.45. The summed E-state index contributed by atoms with van der Waals surface area (Å²) in [6.45, 7) is 3.18. The molecule has 0 aliphatic carbocycles. The summed E-state index contributed by atoms with van der Waals surface area (Å²) in [6, 6.07) is 7.64. The van der Waals surface area contributed by atoms with Crippen molar-refractivity contribution in [1.29, 1.82) is 0 Å². The molecule has 1 rings (SSSR count). The van der Waals surface area contributed by atoms with E-state index >= 15 is 0 Å². The molecular weight excluding hydrogens is 228 g/mol. The number of nitrogens with two attached hydrogens (primary N) is 1. The Labute approximate surface area is 95.0 Å². The number of hydrogen-bond acceptors (Lipinski definition) is 3. The molecule has 0 aromatic heterocycles. The number of amides is 1. The van der Waals surface area contributed by atoms with Crippen LogP contribution in [-0.4, -0.2) is 24.7 Å². The number of benzene rings is 1. The van der Waals surface area contributed by atoms with Crippen molar-refractivity contribution < 1.29 is 13.2 Å². The van der Waals surface area contributed by atoms with Gasteiger partial charge < -0.3 is 0 Å². The fourth-order valence-electron chi connectivity index (χ4n) is 1.35. The lowest BCUT2D eigenvalue weighted by molar-refractivity contribution is 0.0836. The monoisotopic (exact) mass is 242 g/mol. The largest absolute Gasteiger partial charge is 0.301 e. The average molecular weight is 242 g/mol. The highest BCUT2D eigenvalue weighted by Gasteiger charge is 2.27. The molecule has 0 saturated carbocycles. The zero-order valence-electron chi connectivity index (χ0n) is 9.12. The molecule has 88 valence electrons. The van der Waals surface area contributed by atoms with Crippen LogP contribution >= 0.6 is 0 Å². The molecular formula is C10H14N2O3S. The van der Waals surface area contributed by atoms with Crippen molar-refractivity contribution in [3.8, 4) is 0 Å². The van der Waals surface area contributed by atoms with Gasteiger partial charge in [0, 0.05) is 11.6 Å². The minimum atomic E-state index is -4.03. The summed E-state index contributed by atoms with van der Waals surface area (Å²) in [5.41, 5.74) is 0.297. The van der Waals surface area contributed by atoms with Gasteiger partial charge in [0.2, 0.25) is 0 Å². The molecule has 16 heavy (non-hydrogen) atoms. The first kappa shape index (κ1) is 12.7. The van der Waals surface area contributed by atoms with E-state index in [0.717, 1.165) is 0 Å². The first-order valence-electron chi connectivity index (χ1n) is 4.75. The molecule has 0 unspecified atom stereocenters. The van der Waals surface area contributed by atoms with E-state index in [4.69, 9.17) is 5.14 Å². The molecule has 1 aromatic carbocycles. The molecule has 0 heterocycles. The van der Waals surface area contributed by atoms with Crippen LogP contribution in [0, 0.1) is 0 Å². The zero-order chi connectivity index (χ0) is 12.3. The van der Waals surface area contributed by atoms with Gasteiger partial charge >= 0.3 is 10.2 Å². The maximum absolute atomic E-state index is 11.9. The van der Waals surface area contributed by atoms with Gasteiger partial charge in [0.15, 0.2) is 0 Å². The minimum absolute atomic E-state index is 0.297. The highest BCUT2D eigenvalue weighted by molar-refractivity contribution is 7.87. The van der Waals surface area contributed by atoms with Crippen LogP contribution in [0.4, 0.5) is 0 Å². The molecule has 0 fully saturated rings. The van der Waals surface area contributed by atoms with E-state index in [9.17, 15) is 13.2 Å². The van der Waals surface area contributed by atoms with Gasteiger partial charge in [-0.25, -0.2) is 9.44 Å². The van der Waals surface area contributed by atoms with Gasteiger partial charge in [0.1, 0.15) is 0 Å². The Balaban J connectivity index is 3.13. The van der Waals surface area contributed by atoms with E-state index < -0.39 is 22.2 Å². The number of hydrogen-bond donors (Lipinski definition) is 1. The third-order valence-corrected chi connectivity index (χ3v) is 3.10. The Morgan fingerprint density at radius 1 is 1.25 bits per heavy atom. The van der Waals surface area contributed by atoms with Gasteiger partial charge in [-0.2, -0.15) is 8.42 Å². The Morgan fingerprint density at radius 3 is 2.12 bits per heavy atom. The fraction of sp³-hybridized carbons (Fsp3) is 0.300. The van der Waals surface area contributed by atoms with Crippen molar-refractivity contribution in [2.45, 2.75) is 19.9 Å². The molecule has 5 nitrogen and oxygen atoms in total. The Hall–Kier alpha value is -1.40. The van der Waals surface area contributed by atoms with Crippen LogP contribution < -0.4 is 5.14 Å². The smallest absolute Gasteiger partial charge is 0.268 e. The van der Waals surface area contributed by atoms with E-state index in [1.165, 1.54) is 0 Å². The maximum atomic E-state index is 11.9. The van der Waals surface area contributed by atoms with Crippen LogP contribution in [0.25, 0.3) is 0 Å². The molecule has 2 N–H and O–H groups in total. The van der Waals surface area contributed by atoms with Gasteiger partial charge in [-0.1, -0.05) is 18.2 Å². The van der Waals surface area contributed by atoms with Gasteiger partial charge in [0.05, 0.1) is 0 Å². The predicted molar refractivity (Wildman–Crippen MR) is 60.9 cm³/mol. The number of carbonyl (C=O) groups is 1. The molecule has 0 radical (unpaired) electrons. The molecule has 1 amide bonds. The zero-order valence-corrected chi connectivity index (χ0v) is 9.94. The third-order valence-electron chi connectivity index (χ3n) is 1.96. The molecule has 0 atom stereocenters.